The van der Waals surface area contributed by atoms with Crippen LogP contribution < -0.4 is 10.6 Å². The Bertz CT molecular complexity index is 430. The van der Waals surface area contributed by atoms with Crippen molar-refractivity contribution in [3.8, 4) is 0 Å². The van der Waals surface area contributed by atoms with E-state index in [2.05, 4.69) is 10.6 Å². The molecule has 1 aliphatic heterocycles. The number of hydrogen-bond donors (Lipinski definition) is 2. The van der Waals surface area contributed by atoms with Crippen molar-refractivity contribution in [1.29, 1.82) is 0 Å². The zero-order valence-electron chi connectivity index (χ0n) is 11.3. The van der Waals surface area contributed by atoms with Crippen LogP contribution in [0.5, 0.6) is 0 Å². The lowest BCUT2D eigenvalue weighted by atomic mass is 9.94. The van der Waals surface area contributed by atoms with E-state index in [1.165, 1.54) is 12.1 Å². The van der Waals surface area contributed by atoms with Gasteiger partial charge in [-0.1, -0.05) is 12.1 Å². The van der Waals surface area contributed by atoms with Gasteiger partial charge in [0.05, 0.1) is 6.04 Å². The van der Waals surface area contributed by atoms with Crippen LogP contribution in [-0.4, -0.2) is 19.0 Å². The van der Waals surface area contributed by atoms with Gasteiger partial charge < -0.3 is 10.6 Å². The summed E-state index contributed by atoms with van der Waals surface area (Å²) >= 11 is 0. The van der Waals surface area contributed by atoms with E-state index in [0.717, 1.165) is 31.5 Å². The summed E-state index contributed by atoms with van der Waals surface area (Å²) in [6.45, 7) is 3.88. The van der Waals surface area contributed by atoms with E-state index in [1.54, 1.807) is 6.07 Å². The molecule has 0 radical (unpaired) electrons. The number of carbonyl (C=O) groups excluding carboxylic acids is 1. The Hall–Kier alpha value is -1.42. The highest BCUT2D eigenvalue weighted by molar-refractivity contribution is 5.76. The van der Waals surface area contributed by atoms with E-state index in [4.69, 9.17) is 0 Å². The average Bonchev–Trinajstić information content (AvgIpc) is 2.39. The van der Waals surface area contributed by atoms with E-state index < -0.39 is 0 Å². The van der Waals surface area contributed by atoms with Crippen molar-refractivity contribution in [2.45, 2.75) is 32.2 Å². The second-order valence-electron chi connectivity index (χ2n) is 5.24. The molecule has 0 spiro atoms. The highest BCUT2D eigenvalue weighted by atomic mass is 19.1. The van der Waals surface area contributed by atoms with Gasteiger partial charge in [0.1, 0.15) is 5.82 Å². The summed E-state index contributed by atoms with van der Waals surface area (Å²) in [6, 6.07) is 6.23. The van der Waals surface area contributed by atoms with Gasteiger partial charge in [-0.3, -0.25) is 4.79 Å². The summed E-state index contributed by atoms with van der Waals surface area (Å²) in [6.07, 6.45) is 2.69. The second kappa shape index (κ2) is 6.66. The average molecular weight is 264 g/mol. The standard InChI is InChI=1S/C15H21FN2O/c1-11(13-3-2-4-14(16)10-13)18-15(19)9-12-5-7-17-8-6-12/h2-4,10-12,17H,5-9H2,1H3,(H,18,19). The lowest BCUT2D eigenvalue weighted by molar-refractivity contribution is -0.122. The van der Waals surface area contributed by atoms with Gasteiger partial charge in [-0.2, -0.15) is 0 Å². The van der Waals surface area contributed by atoms with Crippen LogP contribution in [0.1, 0.15) is 37.8 Å². The molecule has 0 bridgehead atoms. The minimum Gasteiger partial charge on any atom is -0.350 e. The Balaban J connectivity index is 1.84. The second-order valence-corrected chi connectivity index (χ2v) is 5.24. The Labute approximate surface area is 113 Å². The monoisotopic (exact) mass is 264 g/mol. The smallest absolute Gasteiger partial charge is 0.220 e. The third kappa shape index (κ3) is 4.31. The number of rotatable bonds is 4. The van der Waals surface area contributed by atoms with Crippen molar-refractivity contribution in [3.05, 3.63) is 35.6 Å². The van der Waals surface area contributed by atoms with Gasteiger partial charge in [0.15, 0.2) is 0 Å². The van der Waals surface area contributed by atoms with Gasteiger partial charge in [0.2, 0.25) is 5.91 Å². The maximum atomic E-state index is 13.1. The molecule has 1 aromatic rings. The van der Waals surface area contributed by atoms with E-state index >= 15 is 0 Å². The van der Waals surface area contributed by atoms with Crippen molar-refractivity contribution in [2.75, 3.05) is 13.1 Å². The quantitative estimate of drug-likeness (QED) is 0.876. The van der Waals surface area contributed by atoms with Crippen molar-refractivity contribution >= 4 is 5.91 Å². The fourth-order valence-corrected chi connectivity index (χ4v) is 2.51. The third-order valence-electron chi connectivity index (χ3n) is 3.66. The summed E-state index contributed by atoms with van der Waals surface area (Å²) in [5, 5.41) is 6.23. The predicted octanol–water partition coefficient (Wildman–Crippen LogP) is 2.39. The molecule has 19 heavy (non-hydrogen) atoms. The summed E-state index contributed by atoms with van der Waals surface area (Å²) in [5.41, 5.74) is 0.804. The van der Waals surface area contributed by atoms with Crippen LogP contribution in [0, 0.1) is 11.7 Å². The lowest BCUT2D eigenvalue weighted by Crippen LogP contribution is -2.33. The van der Waals surface area contributed by atoms with Crippen LogP contribution in [-0.2, 0) is 4.79 Å². The van der Waals surface area contributed by atoms with Gasteiger partial charge in [-0.15, -0.1) is 0 Å². The molecule has 1 fully saturated rings. The first-order chi connectivity index (χ1) is 9.15. The van der Waals surface area contributed by atoms with Crippen molar-refractivity contribution in [3.63, 3.8) is 0 Å². The molecule has 3 nitrogen and oxygen atoms in total. The summed E-state index contributed by atoms with van der Waals surface area (Å²) in [5.74, 6) is 0.265. The van der Waals surface area contributed by atoms with Crippen LogP contribution in [0.15, 0.2) is 24.3 Å². The minimum absolute atomic E-state index is 0.0589. The van der Waals surface area contributed by atoms with Gasteiger partial charge in [0, 0.05) is 6.42 Å². The van der Waals surface area contributed by atoms with Gasteiger partial charge in [-0.05, 0) is 56.5 Å². The fourth-order valence-electron chi connectivity index (χ4n) is 2.51. The lowest BCUT2D eigenvalue weighted by Gasteiger charge is -2.23. The SMILES string of the molecule is CC(NC(=O)CC1CCNCC1)c1cccc(F)c1. The number of carbonyl (C=O) groups is 1. The maximum absolute atomic E-state index is 13.1. The van der Waals surface area contributed by atoms with E-state index in [1.807, 2.05) is 13.0 Å². The van der Waals surface area contributed by atoms with E-state index in [9.17, 15) is 9.18 Å². The molecule has 4 heteroatoms. The van der Waals surface area contributed by atoms with Crippen LogP contribution in [0.2, 0.25) is 0 Å². The number of piperidine rings is 1. The van der Waals surface area contributed by atoms with Crippen molar-refractivity contribution < 1.29 is 9.18 Å². The molecule has 2 N–H and O–H groups in total. The molecule has 1 unspecified atom stereocenters. The maximum Gasteiger partial charge on any atom is 0.220 e. The largest absolute Gasteiger partial charge is 0.350 e. The zero-order chi connectivity index (χ0) is 13.7. The molecule has 0 aromatic heterocycles. The first-order valence-corrected chi connectivity index (χ1v) is 6.90. The molecule has 1 aliphatic rings. The van der Waals surface area contributed by atoms with Gasteiger partial charge in [-0.25, -0.2) is 4.39 Å². The third-order valence-corrected chi connectivity index (χ3v) is 3.66. The van der Waals surface area contributed by atoms with Crippen molar-refractivity contribution in [2.24, 2.45) is 5.92 Å². The molecular weight excluding hydrogens is 243 g/mol. The first-order valence-electron chi connectivity index (χ1n) is 6.90. The van der Waals surface area contributed by atoms with Crippen LogP contribution in [0.3, 0.4) is 0 Å². The first kappa shape index (κ1) is 14.0. The summed E-state index contributed by atoms with van der Waals surface area (Å²) in [4.78, 5) is 12.0. The highest BCUT2D eigenvalue weighted by Gasteiger charge is 2.18. The number of nitrogens with one attached hydrogen (secondary N) is 2. The summed E-state index contributed by atoms with van der Waals surface area (Å²) < 4.78 is 13.1. The molecular formula is C15H21FN2O. The van der Waals surface area contributed by atoms with Crippen LogP contribution in [0.4, 0.5) is 4.39 Å². The molecule has 104 valence electrons. The number of benzene rings is 1. The van der Waals surface area contributed by atoms with Gasteiger partial charge in [0.25, 0.3) is 0 Å². The minimum atomic E-state index is -0.267. The predicted molar refractivity (Wildman–Crippen MR) is 73.2 cm³/mol. The molecule has 1 amide bonds. The highest BCUT2D eigenvalue weighted by Crippen LogP contribution is 2.18. The van der Waals surface area contributed by atoms with E-state index in [-0.39, 0.29) is 17.8 Å². The summed E-state index contributed by atoms with van der Waals surface area (Å²) in [7, 11) is 0. The number of halogens is 1. The Morgan fingerprint density at radius 2 is 2.21 bits per heavy atom. The molecule has 0 aliphatic carbocycles. The van der Waals surface area contributed by atoms with Crippen LogP contribution >= 0.6 is 0 Å². The number of hydrogen-bond acceptors (Lipinski definition) is 2. The molecule has 1 aromatic carbocycles. The molecule has 1 saturated heterocycles. The molecule has 1 atom stereocenters. The van der Waals surface area contributed by atoms with Crippen molar-refractivity contribution in [1.82, 2.24) is 10.6 Å². The topological polar surface area (TPSA) is 41.1 Å². The molecule has 2 rings (SSSR count). The molecule has 1 heterocycles. The van der Waals surface area contributed by atoms with E-state index in [0.29, 0.717) is 12.3 Å². The Morgan fingerprint density at radius 1 is 1.47 bits per heavy atom. The normalized spacial score (nSPS) is 18.0. The zero-order valence-corrected chi connectivity index (χ0v) is 11.3. The Kier molecular flexibility index (Phi) is 4.91. The Morgan fingerprint density at radius 3 is 2.89 bits per heavy atom. The molecule has 0 saturated carbocycles. The van der Waals surface area contributed by atoms with Crippen LogP contribution in [0.25, 0.3) is 0 Å². The number of amides is 1. The van der Waals surface area contributed by atoms with Gasteiger partial charge >= 0.3 is 0 Å². The fraction of sp³-hybridized carbons (Fsp3) is 0.533.